The van der Waals surface area contributed by atoms with Crippen molar-refractivity contribution in [3.8, 4) is 23.0 Å². The third-order valence-corrected chi connectivity index (χ3v) is 8.16. The standard InChI is InChI=1S/C36H29FN3O/c1-21-14-15-26-32-27(37)18-22(20-38)33(40-28-12-8-6-10-24(28)25-11-7-9-13-29(25)40)35(32)41-34(26)31(21)30-19-23(36(2,3)4)16-17-39(30)5/h6-19H,1-5H3/q+1/i18D. The highest BCUT2D eigenvalue weighted by Gasteiger charge is 2.28. The third-order valence-electron chi connectivity index (χ3n) is 8.16. The summed E-state index contributed by atoms with van der Waals surface area (Å²) in [7, 11) is 1.99. The molecule has 5 heteroatoms. The van der Waals surface area contributed by atoms with Crippen molar-refractivity contribution in [2.24, 2.45) is 7.05 Å². The van der Waals surface area contributed by atoms with Gasteiger partial charge in [0.25, 0.3) is 0 Å². The van der Waals surface area contributed by atoms with E-state index in [2.05, 4.69) is 39.0 Å². The number of nitriles is 1. The lowest BCUT2D eigenvalue weighted by Crippen LogP contribution is -2.32. The van der Waals surface area contributed by atoms with Gasteiger partial charge in [-0.1, -0.05) is 69.3 Å². The topological polar surface area (TPSA) is 45.7 Å². The summed E-state index contributed by atoms with van der Waals surface area (Å²) in [5, 5.41) is 13.1. The number of pyridine rings is 1. The van der Waals surface area contributed by atoms with Crippen LogP contribution in [-0.2, 0) is 12.5 Å². The Labute approximate surface area is 238 Å². The molecule has 0 radical (unpaired) electrons. The van der Waals surface area contributed by atoms with Crippen molar-refractivity contribution in [1.29, 1.82) is 5.26 Å². The van der Waals surface area contributed by atoms with Gasteiger partial charge in [0.1, 0.15) is 30.2 Å². The molecule has 0 bridgehead atoms. The Morgan fingerprint density at radius 3 is 2.22 bits per heavy atom. The van der Waals surface area contributed by atoms with Crippen molar-refractivity contribution < 1.29 is 14.7 Å². The Kier molecular flexibility index (Phi) is 5.11. The third kappa shape index (κ3) is 3.61. The van der Waals surface area contributed by atoms with Crippen LogP contribution in [0.2, 0.25) is 0 Å². The van der Waals surface area contributed by atoms with Crippen LogP contribution in [0.3, 0.4) is 0 Å². The first kappa shape index (κ1) is 23.9. The van der Waals surface area contributed by atoms with E-state index in [1.165, 1.54) is 5.56 Å². The van der Waals surface area contributed by atoms with Crippen molar-refractivity contribution in [3.63, 3.8) is 0 Å². The maximum absolute atomic E-state index is 16.2. The van der Waals surface area contributed by atoms with Crippen molar-refractivity contribution in [2.75, 3.05) is 0 Å². The maximum Gasteiger partial charge on any atom is 0.216 e. The Balaban J connectivity index is 1.68. The predicted molar refractivity (Wildman–Crippen MR) is 163 cm³/mol. The van der Waals surface area contributed by atoms with E-state index in [4.69, 9.17) is 5.79 Å². The molecule has 0 saturated heterocycles. The molecule has 0 unspecified atom stereocenters. The number of nitrogens with zero attached hydrogens (tertiary/aromatic N) is 3. The fourth-order valence-electron chi connectivity index (χ4n) is 6.05. The minimum Gasteiger partial charge on any atom is -0.453 e. The Morgan fingerprint density at radius 2 is 1.59 bits per heavy atom. The lowest BCUT2D eigenvalue weighted by molar-refractivity contribution is -0.660. The van der Waals surface area contributed by atoms with E-state index < -0.39 is 11.9 Å². The summed E-state index contributed by atoms with van der Waals surface area (Å²) in [5.41, 5.74) is 6.67. The van der Waals surface area contributed by atoms with E-state index in [0.717, 1.165) is 38.6 Å². The first-order chi connectivity index (χ1) is 20.1. The second kappa shape index (κ2) is 8.78. The summed E-state index contributed by atoms with van der Waals surface area (Å²) >= 11 is 0. The van der Waals surface area contributed by atoms with Crippen LogP contribution in [0.15, 0.2) is 89.5 Å². The fraction of sp³-hybridized carbons (Fsp3) is 0.167. The number of para-hydroxylation sites is 2. The summed E-state index contributed by atoms with van der Waals surface area (Å²) in [6.45, 7) is 8.54. The minimum atomic E-state index is -0.757. The molecule has 0 saturated carbocycles. The van der Waals surface area contributed by atoms with Gasteiger partial charge in [0.05, 0.1) is 28.9 Å². The number of hydrogen-bond donors (Lipinski definition) is 0. The fourth-order valence-corrected chi connectivity index (χ4v) is 6.05. The Morgan fingerprint density at radius 1 is 0.927 bits per heavy atom. The summed E-state index contributed by atoms with van der Waals surface area (Å²) in [6, 6.07) is 25.7. The van der Waals surface area contributed by atoms with E-state index in [0.29, 0.717) is 16.7 Å². The van der Waals surface area contributed by atoms with Crippen molar-refractivity contribution in [2.45, 2.75) is 33.1 Å². The zero-order valence-corrected chi connectivity index (χ0v) is 23.6. The molecule has 200 valence electrons. The van der Waals surface area contributed by atoms with E-state index >= 15 is 4.39 Å². The highest BCUT2D eigenvalue weighted by atomic mass is 19.1. The highest BCUT2D eigenvalue weighted by molar-refractivity contribution is 6.15. The quantitative estimate of drug-likeness (QED) is 0.206. The number of rotatable bonds is 2. The number of hydrogen-bond acceptors (Lipinski definition) is 2. The molecule has 7 rings (SSSR count). The van der Waals surface area contributed by atoms with Crippen molar-refractivity contribution >= 4 is 43.7 Å². The zero-order valence-electron chi connectivity index (χ0n) is 24.6. The predicted octanol–water partition coefficient (Wildman–Crippen LogP) is 8.79. The largest absolute Gasteiger partial charge is 0.453 e. The highest BCUT2D eigenvalue weighted by Crippen LogP contribution is 2.43. The first-order valence-electron chi connectivity index (χ1n) is 14.2. The summed E-state index contributed by atoms with van der Waals surface area (Å²) in [5.74, 6) is -0.757. The molecule has 3 heterocycles. The average molecular weight is 540 g/mol. The van der Waals surface area contributed by atoms with Gasteiger partial charge >= 0.3 is 0 Å². The van der Waals surface area contributed by atoms with Crippen molar-refractivity contribution in [3.05, 3.63) is 108 Å². The lowest BCUT2D eigenvalue weighted by Gasteiger charge is -2.19. The van der Waals surface area contributed by atoms with E-state index in [1.54, 1.807) is 0 Å². The molecule has 4 aromatic carbocycles. The molecule has 4 nitrogen and oxygen atoms in total. The number of halogens is 1. The molecule has 0 spiro atoms. The number of aryl methyl sites for hydroxylation is 2. The summed E-state index contributed by atoms with van der Waals surface area (Å²) in [6.07, 6.45) is 2.04. The van der Waals surface area contributed by atoms with E-state index in [-0.39, 0.29) is 21.9 Å². The van der Waals surface area contributed by atoms with Crippen LogP contribution in [0.25, 0.3) is 60.7 Å². The molecule has 0 fully saturated rings. The second-order valence-corrected chi connectivity index (χ2v) is 11.7. The molecule has 3 aromatic heterocycles. The molecule has 0 atom stereocenters. The number of furan rings is 1. The van der Waals surface area contributed by atoms with Gasteiger partial charge in [-0.15, -0.1) is 0 Å². The van der Waals surface area contributed by atoms with Crippen LogP contribution in [-0.4, -0.2) is 4.57 Å². The Bertz CT molecular complexity index is 2240. The molecule has 0 amide bonds. The summed E-state index contributed by atoms with van der Waals surface area (Å²) < 4.78 is 35.7. The van der Waals surface area contributed by atoms with E-state index in [1.807, 2.05) is 90.0 Å². The van der Waals surface area contributed by atoms with Gasteiger partial charge in [0.2, 0.25) is 5.69 Å². The van der Waals surface area contributed by atoms with E-state index in [9.17, 15) is 5.26 Å². The zero-order chi connectivity index (χ0) is 29.5. The van der Waals surface area contributed by atoms with Gasteiger partial charge in [-0.05, 0) is 41.6 Å². The van der Waals surface area contributed by atoms with Gasteiger partial charge < -0.3 is 8.98 Å². The Hall–Kier alpha value is -4.95. The minimum absolute atomic E-state index is 0.0656. The van der Waals surface area contributed by atoms with Crippen molar-refractivity contribution in [1.82, 2.24) is 4.57 Å². The van der Waals surface area contributed by atoms with Crippen LogP contribution < -0.4 is 4.57 Å². The monoisotopic (exact) mass is 539 g/mol. The lowest BCUT2D eigenvalue weighted by atomic mass is 9.86. The van der Waals surface area contributed by atoms with Gasteiger partial charge in [-0.25, -0.2) is 8.96 Å². The van der Waals surface area contributed by atoms with Crippen LogP contribution in [0.5, 0.6) is 0 Å². The molecular weight excluding hydrogens is 509 g/mol. The van der Waals surface area contributed by atoms with Crippen LogP contribution in [0, 0.1) is 24.1 Å². The number of fused-ring (bicyclic) bond motifs is 6. The normalized spacial score (nSPS) is 12.5. The molecule has 0 N–H and O–H groups in total. The van der Waals surface area contributed by atoms with Crippen LogP contribution >= 0.6 is 0 Å². The second-order valence-electron chi connectivity index (χ2n) is 11.7. The number of benzene rings is 4. The maximum atomic E-state index is 16.2. The van der Waals surface area contributed by atoms with Crippen LogP contribution in [0.4, 0.5) is 4.39 Å². The molecule has 41 heavy (non-hydrogen) atoms. The van der Waals surface area contributed by atoms with Gasteiger partial charge in [0, 0.05) is 28.3 Å². The summed E-state index contributed by atoms with van der Waals surface area (Å²) in [4.78, 5) is 0. The van der Waals surface area contributed by atoms with Crippen LogP contribution in [0.1, 0.15) is 38.8 Å². The van der Waals surface area contributed by atoms with Gasteiger partial charge in [-0.3, -0.25) is 0 Å². The SMILES string of the molecule is [2H]c1c(C#N)c(-n2c3ccccc3c3ccccc32)c2oc3c(-c4cc(C(C)(C)C)cc[n+]4C)c(C)ccc3c2c1F. The molecular formula is C36H29FN3O+. The smallest absolute Gasteiger partial charge is 0.216 e. The molecule has 0 aliphatic carbocycles. The average Bonchev–Trinajstić information content (AvgIpc) is 3.51. The first-order valence-corrected chi connectivity index (χ1v) is 13.7. The molecule has 7 aromatic rings. The molecule has 0 aliphatic heterocycles. The number of aromatic nitrogens is 2. The molecule has 0 aliphatic rings. The van der Waals surface area contributed by atoms with Gasteiger partial charge in [0.15, 0.2) is 11.8 Å². The van der Waals surface area contributed by atoms with Gasteiger partial charge in [-0.2, -0.15) is 5.26 Å².